The fraction of sp³-hybridized carbons (Fsp3) is 0.580. The molecule has 3 aliphatic heterocycles. The first kappa shape index (κ1) is 48.1. The van der Waals surface area contributed by atoms with Gasteiger partial charge in [-0.1, -0.05) is 120 Å². The first-order chi connectivity index (χ1) is 28.6. The van der Waals surface area contributed by atoms with E-state index in [9.17, 15) is 19.5 Å². The van der Waals surface area contributed by atoms with Crippen LogP contribution in [0, 0.1) is 55.3 Å². The van der Waals surface area contributed by atoms with E-state index in [0.717, 1.165) is 53.4 Å². The van der Waals surface area contributed by atoms with E-state index in [1.54, 1.807) is 6.92 Å². The van der Waals surface area contributed by atoms with Crippen molar-refractivity contribution in [2.45, 2.75) is 133 Å². The first-order valence-corrected chi connectivity index (χ1v) is 22.3. The van der Waals surface area contributed by atoms with E-state index in [4.69, 9.17) is 30.1 Å². The Kier molecular flexibility index (Phi) is 16.1. The number of carbonyl (C=O) groups is 3. The average molecular weight is 843 g/mol. The Morgan fingerprint density at radius 1 is 0.869 bits per heavy atom. The van der Waals surface area contributed by atoms with Gasteiger partial charge in [-0.3, -0.25) is 14.4 Å². The third kappa shape index (κ3) is 10.1. The molecule has 2 aromatic rings. The summed E-state index contributed by atoms with van der Waals surface area (Å²) < 4.78 is 11.0. The average Bonchev–Trinajstić information content (AvgIpc) is 3.94. The smallest absolute Gasteiger partial charge is 0.681 e. The van der Waals surface area contributed by atoms with E-state index in [2.05, 4.69) is 48.5 Å². The molecule has 11 heteroatoms. The van der Waals surface area contributed by atoms with Crippen molar-refractivity contribution < 1.29 is 29.0 Å². The third-order valence-corrected chi connectivity index (χ3v) is 13.6. The number of ketones is 1. The van der Waals surface area contributed by atoms with Crippen molar-refractivity contribution in [1.82, 2.24) is 9.97 Å². The minimum atomic E-state index is -1.10. The molecule has 0 saturated carbocycles. The van der Waals surface area contributed by atoms with Gasteiger partial charge in [0.15, 0.2) is 5.78 Å². The van der Waals surface area contributed by atoms with E-state index >= 15 is 0 Å². The topological polar surface area (TPSA) is 146 Å². The second-order valence-electron chi connectivity index (χ2n) is 18.3. The third-order valence-electron chi connectivity index (χ3n) is 13.6. The molecule has 2 saturated heterocycles. The molecule has 0 radical (unpaired) electrons. The maximum Gasteiger partial charge on any atom is 2.00 e. The summed E-state index contributed by atoms with van der Waals surface area (Å²) in [5.41, 5.74) is 8.19. The van der Waals surface area contributed by atoms with Crippen molar-refractivity contribution in [2.24, 2.45) is 41.4 Å². The molecule has 0 spiro atoms. The van der Waals surface area contributed by atoms with E-state index in [1.807, 2.05) is 38.2 Å². The Bertz CT molecular complexity index is 2240. The molecule has 1 aliphatic carbocycles. The Morgan fingerprint density at radius 3 is 2.21 bits per heavy atom. The molecule has 326 valence electrons. The Morgan fingerprint density at radius 2 is 1.54 bits per heavy atom. The van der Waals surface area contributed by atoms with E-state index in [-0.39, 0.29) is 77.3 Å². The molecule has 61 heavy (non-hydrogen) atoms. The van der Waals surface area contributed by atoms with Gasteiger partial charge < -0.3 is 35.2 Å². The number of methoxy groups -OCH3 is 1. The van der Waals surface area contributed by atoms with E-state index in [0.29, 0.717) is 51.1 Å². The van der Waals surface area contributed by atoms with Crippen molar-refractivity contribution in [2.75, 3.05) is 13.7 Å². The number of aromatic nitrogens is 2. The molecule has 2 fully saturated rings. The fourth-order valence-corrected chi connectivity index (χ4v) is 9.91. The summed E-state index contributed by atoms with van der Waals surface area (Å²) in [4.78, 5) is 50.3. The van der Waals surface area contributed by atoms with Gasteiger partial charge in [0.1, 0.15) is 18.3 Å². The van der Waals surface area contributed by atoms with Crippen LogP contribution in [0.5, 0.6) is 0 Å². The molecule has 4 aliphatic rings. The summed E-state index contributed by atoms with van der Waals surface area (Å²) in [6.07, 6.45) is 16.4. The number of esters is 2. The molecule has 8 bridgehead atoms. The number of hydrogen-bond donors (Lipinski definition) is 1. The van der Waals surface area contributed by atoms with Crippen molar-refractivity contribution in [3.05, 3.63) is 83.7 Å². The zero-order chi connectivity index (χ0) is 43.6. The minimum Gasteiger partial charge on any atom is -0.681 e. The SMILES string of the molecule is CC[C@H]1/C2=C/c3[n-]c4c(c3C)=C(O)[C@H](C(=O)OC)C=4C3[N-]/C(=C\c4[n-]c(c(C(C)=O)c4C)/C=C(\[N-]2)[C@@H]1C)[C@@H](C)[C@@H]3CCC(=O)OC/C=C(\C)CCC[C@H](C)CCCC(C)C.[Mg+2]. The molecule has 7 atom stereocenters. The largest absolute Gasteiger partial charge is 2.00 e. The monoisotopic (exact) mass is 842 g/mol. The summed E-state index contributed by atoms with van der Waals surface area (Å²) >= 11 is 0. The second-order valence-corrected chi connectivity index (χ2v) is 18.3. The summed E-state index contributed by atoms with van der Waals surface area (Å²) in [5.74, 6) is -0.958. The summed E-state index contributed by atoms with van der Waals surface area (Å²) in [6.45, 7) is 21.0. The van der Waals surface area contributed by atoms with Gasteiger partial charge in [-0.2, -0.15) is 17.1 Å². The molecule has 0 aromatic carbocycles. The Labute approximate surface area is 379 Å². The standard InChI is InChI=1S/C50H67N4O6.Mg/c1-12-34-29(6)36-25-41-43(33(10)55)31(8)38(52-41)23-37-30(7)35(19-20-42(56)60-22-21-28(5)18-14-17-27(4)16-13-15-26(2)3)47(53-37)45-46(50(58)59-11)49(57)44-32(9)39(54-48(44)45)24-40(34)51-36;/h21,23-27,29-30,34-35,46-47H,12-20,22H2,1-11H3,(H2-,51,52,55,57);/q-3;+2/p-1/b28-21+,37-23-,40-24-;/t27-,29-,30+,34-,35+,46-,47?;/m1./s1. The number of aliphatic hydroxyl groups excluding tert-OH is 1. The number of fused-ring (bicyclic) bond motifs is 8. The van der Waals surface area contributed by atoms with Gasteiger partial charge >= 0.3 is 35.0 Å². The zero-order valence-electron chi connectivity index (χ0n) is 38.5. The van der Waals surface area contributed by atoms with Gasteiger partial charge in [0, 0.05) is 17.2 Å². The van der Waals surface area contributed by atoms with Crippen LogP contribution in [-0.2, 0) is 19.1 Å². The van der Waals surface area contributed by atoms with Gasteiger partial charge in [0.05, 0.1) is 7.11 Å². The minimum absolute atomic E-state index is 0. The molecule has 1 unspecified atom stereocenters. The van der Waals surface area contributed by atoms with Crippen LogP contribution in [0.4, 0.5) is 0 Å². The number of nitrogens with zero attached hydrogens (tertiary/aromatic N) is 4. The van der Waals surface area contributed by atoms with Crippen LogP contribution in [0.1, 0.15) is 152 Å². The number of aliphatic hydroxyl groups is 1. The maximum absolute atomic E-state index is 13.6. The number of carbonyl (C=O) groups excluding carboxylic acids is 3. The first-order valence-electron chi connectivity index (χ1n) is 22.3. The van der Waals surface area contributed by atoms with Crippen molar-refractivity contribution >= 4 is 70.3 Å². The Balaban J connectivity index is 0.00000704. The number of allylic oxidation sites excluding steroid dienone is 4. The summed E-state index contributed by atoms with van der Waals surface area (Å²) in [5, 5.41) is 23.3. The van der Waals surface area contributed by atoms with Crippen LogP contribution < -0.4 is 20.5 Å². The van der Waals surface area contributed by atoms with E-state index < -0.39 is 17.9 Å². The van der Waals surface area contributed by atoms with Crippen molar-refractivity contribution in [3.8, 4) is 0 Å². The van der Waals surface area contributed by atoms with Gasteiger partial charge in [0.2, 0.25) is 0 Å². The van der Waals surface area contributed by atoms with Crippen LogP contribution >= 0.6 is 0 Å². The van der Waals surface area contributed by atoms with Gasteiger partial charge in [-0.05, 0) is 88.5 Å². The molecule has 5 heterocycles. The summed E-state index contributed by atoms with van der Waals surface area (Å²) in [7, 11) is 1.32. The number of ether oxygens (including phenoxy) is 2. The molecule has 2 aromatic heterocycles. The molecule has 10 nitrogen and oxygen atoms in total. The fourth-order valence-electron chi connectivity index (χ4n) is 9.91. The van der Waals surface area contributed by atoms with Crippen LogP contribution in [0.25, 0.3) is 40.2 Å². The molecule has 0 amide bonds. The van der Waals surface area contributed by atoms with Crippen LogP contribution in [0.2, 0.25) is 0 Å². The summed E-state index contributed by atoms with van der Waals surface area (Å²) in [6, 6.07) is -0.614. The van der Waals surface area contributed by atoms with Crippen molar-refractivity contribution in [1.29, 1.82) is 0 Å². The second kappa shape index (κ2) is 20.5. The zero-order valence-corrected chi connectivity index (χ0v) is 39.9. The van der Waals surface area contributed by atoms with Crippen LogP contribution in [0.15, 0.2) is 28.7 Å². The number of Topliss-reactive ketones (excluding diaryl/α,β-unsaturated/α-hetero) is 1. The molecular formula is C50H66MgN4O6-2. The number of rotatable bonds is 16. The predicted octanol–water partition coefficient (Wildman–Crippen LogP) is 9.36. The predicted molar refractivity (Wildman–Crippen MR) is 245 cm³/mol. The van der Waals surface area contributed by atoms with Crippen LogP contribution in [0.3, 0.4) is 0 Å². The van der Waals surface area contributed by atoms with Gasteiger partial charge in [-0.25, -0.2) is 0 Å². The molecular weight excluding hydrogens is 777 g/mol. The molecule has 6 rings (SSSR count). The van der Waals surface area contributed by atoms with E-state index in [1.165, 1.54) is 38.4 Å². The van der Waals surface area contributed by atoms with Gasteiger partial charge in [0.25, 0.3) is 0 Å². The maximum atomic E-state index is 13.6. The van der Waals surface area contributed by atoms with Crippen LogP contribution in [-0.4, -0.2) is 65.6 Å². The number of hydrogen-bond acceptors (Lipinski definition) is 6. The van der Waals surface area contributed by atoms with Gasteiger partial charge in [-0.15, -0.1) is 22.4 Å². The molecule has 1 N–H and O–H groups in total. The Hall–Kier alpha value is -3.96. The quantitative estimate of drug-likeness (QED) is 0.0762. The van der Waals surface area contributed by atoms with Crippen molar-refractivity contribution in [3.63, 3.8) is 0 Å². The normalized spacial score (nSPS) is 26.0.